The second-order valence-corrected chi connectivity index (χ2v) is 3.22. The van der Waals surface area contributed by atoms with Gasteiger partial charge >= 0.3 is 0 Å². The molecular formula is C11H15N3O. The van der Waals surface area contributed by atoms with Crippen LogP contribution in [0.15, 0.2) is 18.3 Å². The van der Waals surface area contributed by atoms with E-state index in [-0.39, 0.29) is 6.61 Å². The number of nitrogens with one attached hydrogen (secondary N) is 1. The molecule has 1 aromatic heterocycles. The number of rotatable bonds is 6. The SMILES string of the molecule is N#Cc1cccnc1NCCCCCO. The molecule has 1 heterocycles. The van der Waals surface area contributed by atoms with Crippen molar-refractivity contribution < 1.29 is 5.11 Å². The topological polar surface area (TPSA) is 68.9 Å². The molecule has 80 valence electrons. The van der Waals surface area contributed by atoms with Crippen molar-refractivity contribution >= 4 is 5.82 Å². The summed E-state index contributed by atoms with van der Waals surface area (Å²) in [6.07, 6.45) is 4.45. The lowest BCUT2D eigenvalue weighted by atomic mass is 10.2. The van der Waals surface area contributed by atoms with E-state index in [0.717, 1.165) is 25.8 Å². The first-order chi connectivity index (χ1) is 7.38. The van der Waals surface area contributed by atoms with E-state index < -0.39 is 0 Å². The lowest BCUT2D eigenvalue weighted by Crippen LogP contribution is -2.05. The van der Waals surface area contributed by atoms with Crippen LogP contribution in [0.25, 0.3) is 0 Å². The molecule has 0 fully saturated rings. The van der Waals surface area contributed by atoms with Crippen LogP contribution in [0.1, 0.15) is 24.8 Å². The maximum absolute atomic E-state index is 8.80. The summed E-state index contributed by atoms with van der Waals surface area (Å²) in [7, 11) is 0. The van der Waals surface area contributed by atoms with Crippen molar-refractivity contribution in [2.45, 2.75) is 19.3 Å². The maximum Gasteiger partial charge on any atom is 0.143 e. The molecule has 0 unspecified atom stereocenters. The first kappa shape index (κ1) is 11.5. The van der Waals surface area contributed by atoms with Crippen molar-refractivity contribution in [3.05, 3.63) is 23.9 Å². The number of nitriles is 1. The average molecular weight is 205 g/mol. The number of aliphatic hydroxyl groups is 1. The van der Waals surface area contributed by atoms with Crippen LogP contribution in [-0.2, 0) is 0 Å². The van der Waals surface area contributed by atoms with Gasteiger partial charge in [0.1, 0.15) is 11.9 Å². The molecular weight excluding hydrogens is 190 g/mol. The number of hydrogen-bond acceptors (Lipinski definition) is 4. The molecule has 0 amide bonds. The fourth-order valence-electron chi connectivity index (χ4n) is 1.26. The summed E-state index contributed by atoms with van der Waals surface area (Å²) in [4.78, 5) is 4.08. The number of unbranched alkanes of at least 4 members (excludes halogenated alkanes) is 2. The molecule has 0 bridgehead atoms. The molecule has 0 aliphatic heterocycles. The van der Waals surface area contributed by atoms with Gasteiger partial charge in [0.05, 0.1) is 5.56 Å². The van der Waals surface area contributed by atoms with E-state index in [1.54, 1.807) is 18.3 Å². The number of aromatic nitrogens is 1. The first-order valence-electron chi connectivity index (χ1n) is 5.08. The quantitative estimate of drug-likeness (QED) is 0.691. The Morgan fingerprint density at radius 2 is 2.27 bits per heavy atom. The fraction of sp³-hybridized carbons (Fsp3) is 0.455. The minimum absolute atomic E-state index is 0.243. The van der Waals surface area contributed by atoms with Gasteiger partial charge in [0.25, 0.3) is 0 Å². The molecule has 0 spiro atoms. The predicted octanol–water partition coefficient (Wildman–Crippen LogP) is 1.53. The highest BCUT2D eigenvalue weighted by Gasteiger charge is 2.00. The second-order valence-electron chi connectivity index (χ2n) is 3.22. The van der Waals surface area contributed by atoms with Crippen molar-refractivity contribution in [2.24, 2.45) is 0 Å². The molecule has 4 nitrogen and oxygen atoms in total. The summed E-state index contributed by atoms with van der Waals surface area (Å²) < 4.78 is 0. The Bertz CT molecular complexity index is 333. The van der Waals surface area contributed by atoms with E-state index in [1.807, 2.05) is 0 Å². The highest BCUT2D eigenvalue weighted by molar-refractivity contribution is 5.50. The third-order valence-electron chi connectivity index (χ3n) is 2.06. The average Bonchev–Trinajstić information content (AvgIpc) is 2.29. The first-order valence-corrected chi connectivity index (χ1v) is 5.08. The summed E-state index contributed by atoms with van der Waals surface area (Å²) in [6, 6.07) is 5.57. The van der Waals surface area contributed by atoms with Gasteiger partial charge in [0.2, 0.25) is 0 Å². The minimum Gasteiger partial charge on any atom is -0.396 e. The molecule has 2 N–H and O–H groups in total. The van der Waals surface area contributed by atoms with E-state index in [0.29, 0.717) is 11.4 Å². The minimum atomic E-state index is 0.243. The number of nitrogens with zero attached hydrogens (tertiary/aromatic N) is 2. The van der Waals surface area contributed by atoms with Crippen molar-refractivity contribution in [2.75, 3.05) is 18.5 Å². The number of aliphatic hydroxyl groups excluding tert-OH is 1. The zero-order chi connectivity index (χ0) is 10.9. The van der Waals surface area contributed by atoms with Crippen LogP contribution in [0, 0.1) is 11.3 Å². The van der Waals surface area contributed by atoms with Crippen LogP contribution < -0.4 is 5.32 Å². The molecule has 0 aliphatic carbocycles. The number of pyridine rings is 1. The van der Waals surface area contributed by atoms with Gasteiger partial charge in [0, 0.05) is 19.3 Å². The summed E-state index contributed by atoms with van der Waals surface area (Å²) in [5, 5.41) is 20.5. The van der Waals surface area contributed by atoms with Gasteiger partial charge in [-0.15, -0.1) is 0 Å². The number of hydrogen-bond donors (Lipinski definition) is 2. The Kier molecular flexibility index (Phi) is 5.20. The van der Waals surface area contributed by atoms with Gasteiger partial charge in [-0.25, -0.2) is 4.98 Å². The van der Waals surface area contributed by atoms with E-state index in [4.69, 9.17) is 10.4 Å². The van der Waals surface area contributed by atoms with E-state index in [2.05, 4.69) is 16.4 Å². The zero-order valence-corrected chi connectivity index (χ0v) is 8.61. The Morgan fingerprint density at radius 1 is 1.40 bits per heavy atom. The Hall–Kier alpha value is -1.60. The highest BCUT2D eigenvalue weighted by Crippen LogP contribution is 2.09. The smallest absolute Gasteiger partial charge is 0.143 e. The lowest BCUT2D eigenvalue weighted by molar-refractivity contribution is 0.283. The van der Waals surface area contributed by atoms with Gasteiger partial charge in [-0.05, 0) is 31.4 Å². The van der Waals surface area contributed by atoms with E-state index in [1.165, 1.54) is 0 Å². The Morgan fingerprint density at radius 3 is 3.00 bits per heavy atom. The van der Waals surface area contributed by atoms with Crippen molar-refractivity contribution in [3.63, 3.8) is 0 Å². The summed E-state index contributed by atoms with van der Waals surface area (Å²) in [5.41, 5.74) is 0.569. The molecule has 0 atom stereocenters. The van der Waals surface area contributed by atoms with Gasteiger partial charge < -0.3 is 10.4 Å². The van der Waals surface area contributed by atoms with Crippen LogP contribution in [0.5, 0.6) is 0 Å². The third kappa shape index (κ3) is 3.96. The largest absolute Gasteiger partial charge is 0.396 e. The summed E-state index contributed by atoms with van der Waals surface area (Å²) in [5.74, 6) is 0.643. The van der Waals surface area contributed by atoms with Gasteiger partial charge in [-0.2, -0.15) is 5.26 Å². The summed E-state index contributed by atoms with van der Waals surface area (Å²) >= 11 is 0. The zero-order valence-electron chi connectivity index (χ0n) is 8.61. The van der Waals surface area contributed by atoms with Crippen LogP contribution >= 0.6 is 0 Å². The highest BCUT2D eigenvalue weighted by atomic mass is 16.2. The molecule has 4 heteroatoms. The third-order valence-corrected chi connectivity index (χ3v) is 2.06. The monoisotopic (exact) mass is 205 g/mol. The number of anilines is 1. The molecule has 15 heavy (non-hydrogen) atoms. The standard InChI is InChI=1S/C11H15N3O/c12-9-10-5-4-7-14-11(10)13-6-2-1-3-8-15/h4-5,7,15H,1-3,6,8H2,(H,13,14). The molecule has 1 aromatic rings. The molecule has 0 saturated heterocycles. The lowest BCUT2D eigenvalue weighted by Gasteiger charge is -2.05. The Labute approximate surface area is 89.6 Å². The van der Waals surface area contributed by atoms with Gasteiger partial charge in [-0.1, -0.05) is 0 Å². The van der Waals surface area contributed by atoms with Crippen molar-refractivity contribution in [3.8, 4) is 6.07 Å². The van der Waals surface area contributed by atoms with Gasteiger partial charge in [-0.3, -0.25) is 0 Å². The van der Waals surface area contributed by atoms with Crippen LogP contribution in [0.3, 0.4) is 0 Å². The molecule has 0 aliphatic rings. The summed E-state index contributed by atoms with van der Waals surface area (Å²) in [6.45, 7) is 1.03. The van der Waals surface area contributed by atoms with Crippen molar-refractivity contribution in [1.82, 2.24) is 4.98 Å². The molecule has 0 saturated carbocycles. The van der Waals surface area contributed by atoms with Crippen molar-refractivity contribution in [1.29, 1.82) is 5.26 Å². The fourth-order valence-corrected chi connectivity index (χ4v) is 1.26. The molecule has 1 rings (SSSR count). The predicted molar refractivity (Wildman–Crippen MR) is 58.4 cm³/mol. The van der Waals surface area contributed by atoms with Crippen LogP contribution in [0.2, 0.25) is 0 Å². The molecule has 0 aromatic carbocycles. The maximum atomic E-state index is 8.80. The van der Waals surface area contributed by atoms with Gasteiger partial charge in [0.15, 0.2) is 0 Å². The Balaban J connectivity index is 2.34. The molecule has 0 radical (unpaired) electrons. The second kappa shape index (κ2) is 6.80. The van der Waals surface area contributed by atoms with Crippen LogP contribution in [-0.4, -0.2) is 23.2 Å². The van der Waals surface area contributed by atoms with Crippen LogP contribution in [0.4, 0.5) is 5.82 Å². The van der Waals surface area contributed by atoms with E-state index >= 15 is 0 Å². The normalized spacial score (nSPS) is 9.60. The van der Waals surface area contributed by atoms with E-state index in [9.17, 15) is 0 Å².